The van der Waals surface area contributed by atoms with Crippen LogP contribution >= 0.6 is 0 Å². The number of aromatic nitrogens is 3. The second-order valence-electron chi connectivity index (χ2n) is 7.57. The summed E-state index contributed by atoms with van der Waals surface area (Å²) in [6.45, 7) is 0.358. The zero-order chi connectivity index (χ0) is 22.7. The molecule has 0 N–H and O–H groups in total. The summed E-state index contributed by atoms with van der Waals surface area (Å²) in [5.74, 6) is -0.931. The van der Waals surface area contributed by atoms with E-state index >= 15 is 0 Å². The van der Waals surface area contributed by atoms with Crippen LogP contribution in [0.1, 0.15) is 0 Å². The molecule has 3 aromatic rings. The molecule has 168 valence electrons. The fourth-order valence-electron chi connectivity index (χ4n) is 3.45. The van der Waals surface area contributed by atoms with E-state index in [0.29, 0.717) is 16.7 Å². The Kier molecular flexibility index (Phi) is 6.40. The molecule has 4 rings (SSSR count). The van der Waals surface area contributed by atoms with Crippen molar-refractivity contribution in [1.29, 1.82) is 0 Å². The zero-order valence-corrected chi connectivity index (χ0v) is 17.7. The first-order valence-corrected chi connectivity index (χ1v) is 10.1. The number of halogens is 2. The molecule has 0 saturated carbocycles. The van der Waals surface area contributed by atoms with Crippen molar-refractivity contribution in [1.82, 2.24) is 19.9 Å². The third kappa shape index (κ3) is 4.75. The number of rotatable bonds is 6. The lowest BCUT2D eigenvalue weighted by molar-refractivity contribution is -0.151. The number of hydrogen-bond donors (Lipinski definition) is 0. The summed E-state index contributed by atoms with van der Waals surface area (Å²) in [6, 6.07) is 9.73. The molecule has 1 saturated heterocycles. The predicted molar refractivity (Wildman–Crippen MR) is 115 cm³/mol. The van der Waals surface area contributed by atoms with Gasteiger partial charge >= 0.3 is 6.43 Å². The summed E-state index contributed by atoms with van der Waals surface area (Å²) >= 11 is 0. The third-order valence-electron chi connectivity index (χ3n) is 5.15. The van der Waals surface area contributed by atoms with Crippen LogP contribution in [0.3, 0.4) is 0 Å². The maximum atomic E-state index is 12.7. The summed E-state index contributed by atoms with van der Waals surface area (Å²) < 4.78 is 37.0. The lowest BCUT2D eigenvalue weighted by atomic mass is 10.1. The molecule has 32 heavy (non-hydrogen) atoms. The van der Waals surface area contributed by atoms with Crippen molar-refractivity contribution in [2.24, 2.45) is 0 Å². The topological polar surface area (TPSA) is 80.7 Å². The molecule has 1 aromatic carbocycles. The van der Waals surface area contributed by atoms with Crippen LogP contribution in [0.5, 0.6) is 5.88 Å². The monoisotopic (exact) mass is 443 g/mol. The fourth-order valence-corrected chi connectivity index (χ4v) is 3.45. The van der Waals surface area contributed by atoms with Crippen molar-refractivity contribution in [3.63, 3.8) is 0 Å². The van der Waals surface area contributed by atoms with Gasteiger partial charge in [-0.25, -0.2) is 9.97 Å². The van der Waals surface area contributed by atoms with E-state index < -0.39 is 18.4 Å². The number of fused-ring (bicyclic) bond motifs is 1. The molecule has 1 aliphatic rings. The van der Waals surface area contributed by atoms with Gasteiger partial charge in [-0.2, -0.15) is 8.78 Å². The second kappa shape index (κ2) is 9.39. The van der Waals surface area contributed by atoms with E-state index in [4.69, 9.17) is 9.47 Å². The van der Waals surface area contributed by atoms with Gasteiger partial charge in [0.25, 0.3) is 5.91 Å². The van der Waals surface area contributed by atoms with Gasteiger partial charge < -0.3 is 19.3 Å². The predicted octanol–water partition coefficient (Wildman–Crippen LogP) is 2.63. The maximum absolute atomic E-state index is 12.7. The first-order chi connectivity index (χ1) is 15.4. The number of alkyl halides is 2. The number of carbonyl (C=O) groups excluding carboxylic acids is 1. The molecule has 1 aliphatic heterocycles. The number of carbonyl (C=O) groups is 1. The van der Waals surface area contributed by atoms with Gasteiger partial charge in [-0.15, -0.1) is 0 Å². The normalized spacial score (nSPS) is 16.4. The molecule has 0 spiro atoms. The van der Waals surface area contributed by atoms with Crippen molar-refractivity contribution in [2.45, 2.75) is 12.5 Å². The van der Waals surface area contributed by atoms with Gasteiger partial charge in [0.15, 0.2) is 5.52 Å². The van der Waals surface area contributed by atoms with E-state index in [0.717, 1.165) is 16.2 Å². The Labute approximate surface area is 183 Å². The van der Waals surface area contributed by atoms with Crippen LogP contribution in [0.4, 0.5) is 14.5 Å². The van der Waals surface area contributed by atoms with Crippen LogP contribution < -0.4 is 9.64 Å². The van der Waals surface area contributed by atoms with Crippen molar-refractivity contribution in [2.75, 3.05) is 45.3 Å². The van der Waals surface area contributed by atoms with E-state index in [1.165, 1.54) is 0 Å². The molecule has 0 aliphatic carbocycles. The number of hydrogen-bond acceptors (Lipinski definition) is 7. The molecule has 3 heterocycles. The molecule has 0 bridgehead atoms. The summed E-state index contributed by atoms with van der Waals surface area (Å²) in [4.78, 5) is 28.0. The lowest BCUT2D eigenvalue weighted by Crippen LogP contribution is -2.49. The number of morpholine rings is 1. The highest BCUT2D eigenvalue weighted by atomic mass is 19.3. The van der Waals surface area contributed by atoms with Crippen LogP contribution in [-0.2, 0) is 9.53 Å². The number of anilines is 1. The fraction of sp³-hybridized carbons (Fsp3) is 0.364. The van der Waals surface area contributed by atoms with Gasteiger partial charge in [0.05, 0.1) is 24.4 Å². The van der Waals surface area contributed by atoms with E-state index in [1.807, 2.05) is 49.3 Å². The zero-order valence-electron chi connectivity index (χ0n) is 17.7. The van der Waals surface area contributed by atoms with Crippen LogP contribution in [0.25, 0.3) is 22.3 Å². The highest BCUT2D eigenvalue weighted by molar-refractivity contribution is 5.83. The van der Waals surface area contributed by atoms with Crippen LogP contribution in [-0.4, -0.2) is 78.7 Å². The average molecular weight is 443 g/mol. The number of pyridine rings is 1. The van der Waals surface area contributed by atoms with Crippen LogP contribution in [0, 0.1) is 0 Å². The molecule has 1 fully saturated rings. The Morgan fingerprint density at radius 1 is 1.25 bits per heavy atom. The van der Waals surface area contributed by atoms with Crippen LogP contribution in [0.2, 0.25) is 0 Å². The van der Waals surface area contributed by atoms with Crippen molar-refractivity contribution < 1.29 is 23.0 Å². The molecule has 2 aromatic heterocycles. The van der Waals surface area contributed by atoms with Gasteiger partial charge in [0.1, 0.15) is 12.7 Å². The SMILES string of the molecule is CN(C)c1ccc(-c2cc3nccnc3c(OCC3CN(C(=O)C(F)F)CCO3)n2)cc1. The molecule has 1 atom stereocenters. The Morgan fingerprint density at radius 3 is 2.72 bits per heavy atom. The lowest BCUT2D eigenvalue weighted by Gasteiger charge is -2.32. The number of ether oxygens (including phenoxy) is 2. The third-order valence-corrected chi connectivity index (χ3v) is 5.15. The summed E-state index contributed by atoms with van der Waals surface area (Å²) in [5.41, 5.74) is 3.71. The number of amides is 1. The summed E-state index contributed by atoms with van der Waals surface area (Å²) in [7, 11) is 3.93. The Bertz CT molecular complexity index is 1090. The molecule has 1 unspecified atom stereocenters. The summed E-state index contributed by atoms with van der Waals surface area (Å²) in [5, 5.41) is 0. The van der Waals surface area contributed by atoms with Gasteiger partial charge in [0, 0.05) is 44.3 Å². The van der Waals surface area contributed by atoms with Crippen molar-refractivity contribution in [3.05, 3.63) is 42.7 Å². The molecular weight excluding hydrogens is 420 g/mol. The van der Waals surface area contributed by atoms with Gasteiger partial charge in [-0.3, -0.25) is 9.78 Å². The summed E-state index contributed by atoms with van der Waals surface area (Å²) in [6.07, 6.45) is -0.458. The second-order valence-corrected chi connectivity index (χ2v) is 7.57. The first kappa shape index (κ1) is 21.8. The van der Waals surface area contributed by atoms with Gasteiger partial charge in [-0.05, 0) is 18.2 Å². The van der Waals surface area contributed by atoms with E-state index in [1.54, 1.807) is 12.4 Å². The Hall–Kier alpha value is -3.40. The standard InChI is InChI=1S/C22H23F2N5O3/c1-28(2)15-5-3-14(4-6-15)17-11-18-19(26-8-7-25-18)21(27-17)32-13-16-12-29(9-10-31-16)22(30)20(23)24/h3-8,11,16,20H,9-10,12-13H2,1-2H3. The van der Waals surface area contributed by atoms with E-state index in [9.17, 15) is 13.6 Å². The smallest absolute Gasteiger partial charge is 0.315 e. The van der Waals surface area contributed by atoms with Crippen LogP contribution in [0.15, 0.2) is 42.7 Å². The number of nitrogens with zero attached hydrogens (tertiary/aromatic N) is 5. The highest BCUT2D eigenvalue weighted by Crippen LogP contribution is 2.28. The van der Waals surface area contributed by atoms with E-state index in [-0.39, 0.29) is 32.2 Å². The van der Waals surface area contributed by atoms with Crippen molar-refractivity contribution in [3.8, 4) is 17.1 Å². The molecule has 10 heteroatoms. The quantitative estimate of drug-likeness (QED) is 0.579. The Morgan fingerprint density at radius 2 is 2.00 bits per heavy atom. The average Bonchev–Trinajstić information content (AvgIpc) is 2.82. The highest BCUT2D eigenvalue weighted by Gasteiger charge is 2.29. The van der Waals surface area contributed by atoms with E-state index in [2.05, 4.69) is 15.0 Å². The maximum Gasteiger partial charge on any atom is 0.315 e. The molecular formula is C22H23F2N5O3. The van der Waals surface area contributed by atoms with Gasteiger partial charge in [0.2, 0.25) is 5.88 Å². The Balaban J connectivity index is 1.56. The first-order valence-electron chi connectivity index (χ1n) is 10.1. The molecule has 8 nitrogen and oxygen atoms in total. The largest absolute Gasteiger partial charge is 0.473 e. The van der Waals surface area contributed by atoms with Gasteiger partial charge in [-0.1, -0.05) is 12.1 Å². The van der Waals surface area contributed by atoms with Crippen molar-refractivity contribution >= 4 is 22.6 Å². The number of benzene rings is 1. The minimum absolute atomic E-state index is 0.0263. The minimum Gasteiger partial charge on any atom is -0.473 e. The minimum atomic E-state index is -3.04. The molecule has 0 radical (unpaired) electrons. The molecule has 1 amide bonds.